The van der Waals surface area contributed by atoms with Gasteiger partial charge in [0.1, 0.15) is 11.0 Å². The van der Waals surface area contributed by atoms with Crippen molar-refractivity contribution in [3.8, 4) is 10.7 Å². The molecule has 1 fully saturated rings. The second-order valence-electron chi connectivity index (χ2n) is 6.10. The first-order valence-corrected chi connectivity index (χ1v) is 9.42. The van der Waals surface area contributed by atoms with E-state index in [-0.39, 0.29) is 0 Å². The molecule has 132 valence electrons. The number of rotatable bonds is 5. The largest absolute Gasteiger partial charge is 0.338 e. The van der Waals surface area contributed by atoms with Crippen molar-refractivity contribution in [2.45, 2.75) is 13.1 Å². The average molecular weight is 379 g/mol. The molecule has 3 aromatic heterocycles. The normalized spacial score (nSPS) is 16.6. The second kappa shape index (κ2) is 7.25. The van der Waals surface area contributed by atoms with E-state index in [4.69, 9.17) is 16.1 Å². The monoisotopic (exact) mass is 378 g/mol. The molecule has 1 aliphatic rings. The van der Waals surface area contributed by atoms with Crippen molar-refractivity contribution in [1.82, 2.24) is 29.5 Å². The van der Waals surface area contributed by atoms with Crippen LogP contribution in [0.3, 0.4) is 0 Å². The van der Waals surface area contributed by atoms with E-state index >= 15 is 0 Å². The van der Waals surface area contributed by atoms with Gasteiger partial charge < -0.3 is 9.09 Å². The maximum atomic E-state index is 6.05. The van der Waals surface area contributed by atoms with Crippen LogP contribution < -0.4 is 0 Å². The van der Waals surface area contributed by atoms with Crippen LogP contribution in [-0.4, -0.2) is 55.7 Å². The van der Waals surface area contributed by atoms with Gasteiger partial charge in [0, 0.05) is 33.2 Å². The van der Waals surface area contributed by atoms with Crippen LogP contribution in [-0.2, 0) is 20.1 Å². The second-order valence-corrected chi connectivity index (χ2v) is 7.43. The summed E-state index contributed by atoms with van der Waals surface area (Å²) in [7, 11) is 1.95. The van der Waals surface area contributed by atoms with Gasteiger partial charge in [0.2, 0.25) is 11.7 Å². The van der Waals surface area contributed by atoms with Gasteiger partial charge in [-0.25, -0.2) is 4.98 Å². The zero-order chi connectivity index (χ0) is 17.2. The third-order valence-corrected chi connectivity index (χ3v) is 5.64. The Morgan fingerprint density at radius 3 is 2.60 bits per heavy atom. The average Bonchev–Trinajstić information content (AvgIpc) is 3.35. The van der Waals surface area contributed by atoms with E-state index in [0.29, 0.717) is 23.4 Å². The Morgan fingerprint density at radius 1 is 1.20 bits per heavy atom. The zero-order valence-electron chi connectivity index (χ0n) is 13.9. The van der Waals surface area contributed by atoms with Gasteiger partial charge in [-0.05, 0) is 11.4 Å². The Labute approximate surface area is 154 Å². The van der Waals surface area contributed by atoms with E-state index in [1.54, 1.807) is 17.5 Å². The molecule has 0 bridgehead atoms. The van der Waals surface area contributed by atoms with Crippen LogP contribution in [0.1, 0.15) is 11.7 Å². The highest BCUT2D eigenvalue weighted by atomic mass is 35.5. The van der Waals surface area contributed by atoms with Crippen LogP contribution in [0.15, 0.2) is 28.2 Å². The molecule has 9 heteroatoms. The summed E-state index contributed by atoms with van der Waals surface area (Å²) in [6.45, 7) is 5.41. The SMILES string of the molecule is Cn1c(Cl)cnc1CN1CCN(Cc2nc(-c3cccs3)no2)CC1. The fraction of sp³-hybridized carbons (Fsp3) is 0.438. The molecule has 25 heavy (non-hydrogen) atoms. The van der Waals surface area contributed by atoms with Gasteiger partial charge in [0.05, 0.1) is 24.2 Å². The van der Waals surface area contributed by atoms with E-state index in [2.05, 4.69) is 24.9 Å². The minimum absolute atomic E-state index is 0.673. The fourth-order valence-corrected chi connectivity index (χ4v) is 3.69. The van der Waals surface area contributed by atoms with Crippen LogP contribution in [0.25, 0.3) is 10.7 Å². The van der Waals surface area contributed by atoms with Gasteiger partial charge in [-0.3, -0.25) is 9.80 Å². The first kappa shape index (κ1) is 16.7. The number of hydrogen-bond acceptors (Lipinski definition) is 7. The molecule has 0 N–H and O–H groups in total. The first-order valence-electron chi connectivity index (χ1n) is 8.16. The molecule has 0 aliphatic carbocycles. The summed E-state index contributed by atoms with van der Waals surface area (Å²) in [4.78, 5) is 14.6. The van der Waals surface area contributed by atoms with E-state index in [1.807, 2.05) is 29.1 Å². The minimum atomic E-state index is 0.673. The lowest BCUT2D eigenvalue weighted by Crippen LogP contribution is -2.45. The summed E-state index contributed by atoms with van der Waals surface area (Å²) >= 11 is 7.67. The number of aromatic nitrogens is 4. The van der Waals surface area contributed by atoms with Crippen LogP contribution in [0.2, 0.25) is 5.15 Å². The quantitative estimate of drug-likeness (QED) is 0.679. The molecule has 4 rings (SSSR count). The van der Waals surface area contributed by atoms with Gasteiger partial charge in [0.15, 0.2) is 0 Å². The minimum Gasteiger partial charge on any atom is -0.338 e. The molecule has 0 saturated carbocycles. The highest BCUT2D eigenvalue weighted by Crippen LogP contribution is 2.22. The summed E-state index contributed by atoms with van der Waals surface area (Å²) in [5, 5.41) is 6.76. The maximum Gasteiger partial charge on any atom is 0.241 e. The first-order chi connectivity index (χ1) is 12.2. The molecule has 0 unspecified atom stereocenters. The Bertz CT molecular complexity index is 822. The number of piperazine rings is 1. The maximum absolute atomic E-state index is 6.05. The molecule has 1 aliphatic heterocycles. The number of nitrogens with zero attached hydrogens (tertiary/aromatic N) is 6. The number of imidazole rings is 1. The van der Waals surface area contributed by atoms with E-state index < -0.39 is 0 Å². The van der Waals surface area contributed by atoms with Crippen molar-refractivity contribution in [1.29, 1.82) is 0 Å². The molecular weight excluding hydrogens is 360 g/mol. The molecule has 0 atom stereocenters. The predicted octanol–water partition coefficient (Wildman–Crippen LogP) is 2.50. The van der Waals surface area contributed by atoms with Crippen LogP contribution in [0.5, 0.6) is 0 Å². The lowest BCUT2D eigenvalue weighted by molar-refractivity contribution is 0.109. The van der Waals surface area contributed by atoms with Gasteiger partial charge >= 0.3 is 0 Å². The topological polar surface area (TPSA) is 63.2 Å². The van der Waals surface area contributed by atoms with Gasteiger partial charge in [0.25, 0.3) is 0 Å². The molecule has 1 saturated heterocycles. The Hall–Kier alpha value is -1.74. The number of halogens is 1. The highest BCUT2D eigenvalue weighted by molar-refractivity contribution is 7.13. The predicted molar refractivity (Wildman–Crippen MR) is 96.4 cm³/mol. The van der Waals surface area contributed by atoms with Crippen molar-refractivity contribution in [2.75, 3.05) is 26.2 Å². The van der Waals surface area contributed by atoms with Crippen molar-refractivity contribution >= 4 is 22.9 Å². The van der Waals surface area contributed by atoms with E-state index in [0.717, 1.165) is 43.4 Å². The lowest BCUT2D eigenvalue weighted by Gasteiger charge is -2.33. The molecule has 0 spiro atoms. The fourth-order valence-electron chi connectivity index (χ4n) is 2.89. The lowest BCUT2D eigenvalue weighted by atomic mass is 10.3. The van der Waals surface area contributed by atoms with Crippen molar-refractivity contribution < 1.29 is 4.52 Å². The third-order valence-electron chi connectivity index (χ3n) is 4.43. The smallest absolute Gasteiger partial charge is 0.241 e. The molecule has 0 aromatic carbocycles. The number of thiophene rings is 1. The summed E-state index contributed by atoms with van der Waals surface area (Å²) in [6.07, 6.45) is 1.70. The molecule has 0 amide bonds. The summed E-state index contributed by atoms with van der Waals surface area (Å²) in [5.41, 5.74) is 0. The van der Waals surface area contributed by atoms with Gasteiger partial charge in [-0.2, -0.15) is 4.98 Å². The Kier molecular flexibility index (Phi) is 4.85. The molecule has 7 nitrogen and oxygen atoms in total. The van der Waals surface area contributed by atoms with Crippen molar-refractivity contribution in [3.05, 3.63) is 40.6 Å². The van der Waals surface area contributed by atoms with Crippen LogP contribution in [0.4, 0.5) is 0 Å². The van der Waals surface area contributed by atoms with Crippen molar-refractivity contribution in [2.24, 2.45) is 7.05 Å². The molecule has 4 heterocycles. The van der Waals surface area contributed by atoms with E-state index in [9.17, 15) is 0 Å². The summed E-state index contributed by atoms with van der Waals surface area (Å²) < 4.78 is 7.32. The molecule has 3 aromatic rings. The van der Waals surface area contributed by atoms with Crippen LogP contribution >= 0.6 is 22.9 Å². The zero-order valence-corrected chi connectivity index (χ0v) is 15.5. The standard InChI is InChI=1S/C16H19ClN6OS/c1-21-13(17)9-18-14(21)10-22-4-6-23(7-5-22)11-15-19-16(20-24-15)12-3-2-8-25-12/h2-3,8-9H,4-7,10-11H2,1H3. The highest BCUT2D eigenvalue weighted by Gasteiger charge is 2.21. The third kappa shape index (κ3) is 3.77. The molecular formula is C16H19ClN6OS. The molecule has 0 radical (unpaired) electrons. The van der Waals surface area contributed by atoms with Crippen LogP contribution in [0, 0.1) is 0 Å². The van der Waals surface area contributed by atoms with Gasteiger partial charge in [-0.15, -0.1) is 11.3 Å². The number of hydrogen-bond donors (Lipinski definition) is 0. The Balaban J connectivity index is 1.30. The Morgan fingerprint density at radius 2 is 1.96 bits per heavy atom. The summed E-state index contributed by atoms with van der Waals surface area (Å²) in [5.74, 6) is 2.35. The van der Waals surface area contributed by atoms with E-state index in [1.165, 1.54) is 0 Å². The summed E-state index contributed by atoms with van der Waals surface area (Å²) in [6, 6.07) is 3.99. The van der Waals surface area contributed by atoms with Gasteiger partial charge in [-0.1, -0.05) is 22.8 Å². The van der Waals surface area contributed by atoms with Crippen molar-refractivity contribution in [3.63, 3.8) is 0 Å².